The summed E-state index contributed by atoms with van der Waals surface area (Å²) in [6, 6.07) is 13.1. The summed E-state index contributed by atoms with van der Waals surface area (Å²) in [7, 11) is 0. The van der Waals surface area contributed by atoms with E-state index in [0.29, 0.717) is 11.1 Å². The van der Waals surface area contributed by atoms with E-state index in [9.17, 15) is 13.2 Å². The monoisotopic (exact) mass is 368 g/mol. The van der Waals surface area contributed by atoms with Crippen LogP contribution in [0.15, 0.2) is 53.0 Å². The molecular formula is C15H8BrF3N2O. The molecule has 0 aliphatic carbocycles. The Balaban J connectivity index is 2.12. The smallest absolute Gasteiger partial charge is 0.438 e. The van der Waals surface area contributed by atoms with Gasteiger partial charge in [0.25, 0.3) is 0 Å². The summed E-state index contributed by atoms with van der Waals surface area (Å²) in [6.45, 7) is 0. The number of halogens is 4. The molecular weight excluding hydrogens is 361 g/mol. The maximum Gasteiger partial charge on any atom is 0.451 e. The van der Waals surface area contributed by atoms with Gasteiger partial charge in [0.1, 0.15) is 5.75 Å². The number of hydrogen-bond donors (Lipinski definition) is 0. The van der Waals surface area contributed by atoms with Crippen LogP contribution in [0.5, 0.6) is 11.6 Å². The Morgan fingerprint density at radius 3 is 2.27 bits per heavy atom. The van der Waals surface area contributed by atoms with Crippen LogP contribution in [0, 0.1) is 0 Å². The quantitative estimate of drug-likeness (QED) is 0.623. The number of ether oxygens (including phenoxy) is 1. The summed E-state index contributed by atoms with van der Waals surface area (Å²) >= 11 is 3.28. The number of benzene rings is 2. The number of nitrogens with zero attached hydrogens (tertiary/aromatic N) is 2. The van der Waals surface area contributed by atoms with Gasteiger partial charge in [-0.05, 0) is 36.4 Å². The maximum atomic E-state index is 12.9. The van der Waals surface area contributed by atoms with Crippen molar-refractivity contribution < 1.29 is 17.9 Å². The fraction of sp³-hybridized carbons (Fsp3) is 0.0667. The highest BCUT2D eigenvalue weighted by molar-refractivity contribution is 9.10. The van der Waals surface area contributed by atoms with Crippen molar-refractivity contribution >= 4 is 26.8 Å². The molecule has 0 aliphatic rings. The van der Waals surface area contributed by atoms with Crippen molar-refractivity contribution in [3.8, 4) is 11.6 Å². The molecule has 0 N–H and O–H groups in total. The summed E-state index contributed by atoms with van der Waals surface area (Å²) in [5.74, 6) is -0.960. The van der Waals surface area contributed by atoms with E-state index >= 15 is 0 Å². The topological polar surface area (TPSA) is 35.0 Å². The van der Waals surface area contributed by atoms with Crippen LogP contribution >= 0.6 is 15.9 Å². The van der Waals surface area contributed by atoms with E-state index < -0.39 is 12.0 Å². The zero-order valence-electron chi connectivity index (χ0n) is 10.9. The molecule has 0 saturated heterocycles. The molecule has 0 spiro atoms. The minimum Gasteiger partial charge on any atom is -0.438 e. The summed E-state index contributed by atoms with van der Waals surface area (Å²) in [6.07, 6.45) is -4.64. The van der Waals surface area contributed by atoms with Crippen LogP contribution in [0.25, 0.3) is 10.9 Å². The third-order valence-electron chi connectivity index (χ3n) is 2.85. The van der Waals surface area contributed by atoms with Gasteiger partial charge < -0.3 is 4.74 Å². The second-order valence-corrected chi connectivity index (χ2v) is 5.34. The molecule has 0 fully saturated rings. The average Bonchev–Trinajstić information content (AvgIpc) is 2.48. The molecule has 0 amide bonds. The highest BCUT2D eigenvalue weighted by Crippen LogP contribution is 2.33. The van der Waals surface area contributed by atoms with Crippen LogP contribution in [-0.4, -0.2) is 9.97 Å². The second-order valence-electron chi connectivity index (χ2n) is 4.42. The molecule has 22 heavy (non-hydrogen) atoms. The van der Waals surface area contributed by atoms with Gasteiger partial charge in [-0.3, -0.25) is 0 Å². The van der Waals surface area contributed by atoms with Crippen LogP contribution in [0.2, 0.25) is 0 Å². The van der Waals surface area contributed by atoms with E-state index in [1.54, 1.807) is 42.5 Å². The highest BCUT2D eigenvalue weighted by Gasteiger charge is 2.35. The Morgan fingerprint density at radius 1 is 0.909 bits per heavy atom. The van der Waals surface area contributed by atoms with Crippen molar-refractivity contribution in [1.29, 1.82) is 0 Å². The first-order valence-electron chi connectivity index (χ1n) is 6.21. The molecule has 2 aromatic carbocycles. The largest absolute Gasteiger partial charge is 0.451 e. The minimum absolute atomic E-state index is 0.125. The van der Waals surface area contributed by atoms with E-state index in [1.807, 2.05) is 0 Å². The molecule has 0 atom stereocenters. The molecule has 0 radical (unpaired) electrons. The van der Waals surface area contributed by atoms with Crippen LogP contribution in [-0.2, 0) is 6.18 Å². The van der Waals surface area contributed by atoms with Gasteiger partial charge in [0.2, 0.25) is 11.7 Å². The number of hydrogen-bond acceptors (Lipinski definition) is 3. The lowest BCUT2D eigenvalue weighted by molar-refractivity contribution is -0.144. The van der Waals surface area contributed by atoms with Gasteiger partial charge in [-0.25, -0.2) is 4.98 Å². The standard InChI is InChI=1S/C15H8BrF3N2O/c16-9-5-7-10(8-6-9)22-13-11-3-1-2-4-12(11)20-14(21-13)15(17,18)19/h1-8H. The van der Waals surface area contributed by atoms with Crippen molar-refractivity contribution in [3.05, 3.63) is 58.8 Å². The number of para-hydroxylation sites is 1. The zero-order chi connectivity index (χ0) is 15.7. The van der Waals surface area contributed by atoms with E-state index in [1.165, 1.54) is 6.07 Å². The molecule has 1 heterocycles. The molecule has 0 saturated carbocycles. The van der Waals surface area contributed by atoms with Gasteiger partial charge in [-0.1, -0.05) is 28.1 Å². The summed E-state index contributed by atoms with van der Waals surface area (Å²) in [5.41, 5.74) is 0.178. The van der Waals surface area contributed by atoms with Crippen LogP contribution in [0.1, 0.15) is 5.82 Å². The van der Waals surface area contributed by atoms with Crippen molar-refractivity contribution in [3.63, 3.8) is 0 Å². The molecule has 3 nitrogen and oxygen atoms in total. The Labute approximate surface area is 131 Å². The Hall–Kier alpha value is -2.15. The third kappa shape index (κ3) is 3.04. The first-order chi connectivity index (χ1) is 10.4. The van der Waals surface area contributed by atoms with Crippen LogP contribution in [0.3, 0.4) is 0 Å². The lowest BCUT2D eigenvalue weighted by Crippen LogP contribution is -2.11. The Bertz CT molecular complexity index is 819. The minimum atomic E-state index is -4.64. The van der Waals surface area contributed by atoms with E-state index in [-0.39, 0.29) is 11.4 Å². The molecule has 3 aromatic rings. The number of fused-ring (bicyclic) bond motifs is 1. The van der Waals surface area contributed by atoms with Crippen LogP contribution in [0.4, 0.5) is 13.2 Å². The molecule has 0 unspecified atom stereocenters. The SMILES string of the molecule is FC(F)(F)c1nc(Oc2ccc(Br)cc2)c2ccccc2n1. The van der Waals surface area contributed by atoms with Crippen molar-refractivity contribution in [2.75, 3.05) is 0 Å². The Kier molecular flexibility index (Phi) is 3.74. The van der Waals surface area contributed by atoms with Gasteiger partial charge in [0.05, 0.1) is 10.9 Å². The highest BCUT2D eigenvalue weighted by atomic mass is 79.9. The van der Waals surface area contributed by atoms with Crippen molar-refractivity contribution in [2.24, 2.45) is 0 Å². The van der Waals surface area contributed by atoms with Gasteiger partial charge >= 0.3 is 6.18 Å². The average molecular weight is 369 g/mol. The first kappa shape index (κ1) is 14.8. The fourth-order valence-corrected chi connectivity index (χ4v) is 2.13. The Morgan fingerprint density at radius 2 is 1.59 bits per heavy atom. The van der Waals surface area contributed by atoms with Crippen molar-refractivity contribution in [2.45, 2.75) is 6.18 Å². The summed E-state index contributed by atoms with van der Waals surface area (Å²) < 4.78 is 45.0. The molecule has 112 valence electrons. The molecule has 0 bridgehead atoms. The maximum absolute atomic E-state index is 12.9. The van der Waals surface area contributed by atoms with Gasteiger partial charge in [-0.15, -0.1) is 0 Å². The van der Waals surface area contributed by atoms with E-state index in [0.717, 1.165) is 4.47 Å². The lowest BCUT2D eigenvalue weighted by Gasteiger charge is -2.11. The molecule has 3 rings (SSSR count). The predicted octanol–water partition coefficient (Wildman–Crippen LogP) is 5.20. The fourth-order valence-electron chi connectivity index (χ4n) is 1.87. The van der Waals surface area contributed by atoms with Gasteiger partial charge in [-0.2, -0.15) is 18.2 Å². The predicted molar refractivity (Wildman–Crippen MR) is 78.8 cm³/mol. The van der Waals surface area contributed by atoms with Gasteiger partial charge in [0.15, 0.2) is 0 Å². The number of aromatic nitrogens is 2. The normalized spacial score (nSPS) is 11.6. The molecule has 7 heteroatoms. The van der Waals surface area contributed by atoms with Crippen molar-refractivity contribution in [1.82, 2.24) is 9.97 Å². The van der Waals surface area contributed by atoms with Crippen LogP contribution < -0.4 is 4.74 Å². The molecule has 0 aliphatic heterocycles. The summed E-state index contributed by atoms with van der Waals surface area (Å²) in [4.78, 5) is 7.06. The number of alkyl halides is 3. The third-order valence-corrected chi connectivity index (χ3v) is 3.38. The number of rotatable bonds is 2. The second kappa shape index (κ2) is 5.57. The molecule has 1 aromatic heterocycles. The first-order valence-corrected chi connectivity index (χ1v) is 7.00. The lowest BCUT2D eigenvalue weighted by atomic mass is 10.2. The summed E-state index contributed by atoms with van der Waals surface area (Å²) in [5, 5.41) is 0.415. The van der Waals surface area contributed by atoms with E-state index in [2.05, 4.69) is 25.9 Å². The van der Waals surface area contributed by atoms with Gasteiger partial charge in [0, 0.05) is 4.47 Å². The zero-order valence-corrected chi connectivity index (χ0v) is 12.5. The van der Waals surface area contributed by atoms with E-state index in [4.69, 9.17) is 4.74 Å².